The smallest absolute Gasteiger partial charge is 0.253 e. The molecule has 2 heterocycles. The molecule has 8 nitrogen and oxygen atoms in total. The topological polar surface area (TPSA) is 130 Å². The molecule has 0 unspecified atom stereocenters. The third kappa shape index (κ3) is 3.26. The Labute approximate surface area is 146 Å². The third-order valence-electron chi connectivity index (χ3n) is 5.04. The van der Waals surface area contributed by atoms with Gasteiger partial charge in [-0.1, -0.05) is 0 Å². The Hall–Kier alpha value is -1.97. The molecule has 25 heavy (non-hydrogen) atoms. The van der Waals surface area contributed by atoms with Gasteiger partial charge >= 0.3 is 0 Å². The molecule has 1 aromatic carbocycles. The molecule has 0 aliphatic carbocycles. The minimum atomic E-state index is -3.82. The lowest BCUT2D eigenvalue weighted by molar-refractivity contribution is -0.147. The van der Waals surface area contributed by atoms with Crippen LogP contribution < -0.4 is 10.5 Å². The normalized spacial score (nSPS) is 27.2. The molecule has 2 amide bonds. The first-order valence-electron chi connectivity index (χ1n) is 8.12. The van der Waals surface area contributed by atoms with E-state index in [9.17, 15) is 23.1 Å². The molecule has 2 aliphatic heterocycles. The zero-order valence-electron chi connectivity index (χ0n) is 13.6. The van der Waals surface area contributed by atoms with Gasteiger partial charge in [0, 0.05) is 25.2 Å². The Kier molecular flexibility index (Phi) is 4.56. The Morgan fingerprint density at radius 3 is 2.60 bits per heavy atom. The standard InChI is InChI=1S/C16H21N3O5S/c17-25(23,24)12-4-2-11(3-5-12)14(21)19-9-6-13(20)16(10-19)7-1-8-18-15(16)22/h2-5,13,20H,1,6-10H2,(H,18,22)(H2,17,23,24)/t13-,16-/m1/s1. The maximum absolute atomic E-state index is 12.7. The van der Waals surface area contributed by atoms with Crippen LogP contribution in [-0.2, 0) is 14.8 Å². The number of aliphatic hydroxyl groups is 1. The SMILES string of the molecule is NS(=O)(=O)c1ccc(C(=O)N2CC[C@@H](O)[C@@]3(CCCNC3=O)C2)cc1. The molecule has 2 fully saturated rings. The van der Waals surface area contributed by atoms with Crippen LogP contribution in [0.5, 0.6) is 0 Å². The van der Waals surface area contributed by atoms with Crippen LogP contribution >= 0.6 is 0 Å². The molecule has 2 aliphatic rings. The van der Waals surface area contributed by atoms with Gasteiger partial charge in [-0.25, -0.2) is 13.6 Å². The van der Waals surface area contributed by atoms with E-state index < -0.39 is 21.5 Å². The highest BCUT2D eigenvalue weighted by molar-refractivity contribution is 7.89. The van der Waals surface area contributed by atoms with Crippen LogP contribution in [0.2, 0.25) is 0 Å². The second kappa shape index (κ2) is 6.40. The molecule has 0 aromatic heterocycles. The number of hydrogen-bond acceptors (Lipinski definition) is 5. The molecule has 0 radical (unpaired) electrons. The molecular weight excluding hydrogens is 346 g/mol. The van der Waals surface area contributed by atoms with Gasteiger partial charge < -0.3 is 15.3 Å². The number of rotatable bonds is 2. The number of piperidine rings is 2. The van der Waals surface area contributed by atoms with Crippen molar-refractivity contribution in [2.24, 2.45) is 10.6 Å². The molecule has 3 rings (SSSR count). The van der Waals surface area contributed by atoms with Crippen LogP contribution in [0, 0.1) is 5.41 Å². The van der Waals surface area contributed by atoms with E-state index in [2.05, 4.69) is 5.32 Å². The van der Waals surface area contributed by atoms with Crippen molar-refractivity contribution in [1.82, 2.24) is 10.2 Å². The minimum Gasteiger partial charge on any atom is -0.392 e. The van der Waals surface area contributed by atoms with E-state index in [0.717, 1.165) is 6.42 Å². The van der Waals surface area contributed by atoms with Gasteiger partial charge in [-0.3, -0.25) is 9.59 Å². The molecule has 2 atom stereocenters. The first-order valence-corrected chi connectivity index (χ1v) is 9.67. The Morgan fingerprint density at radius 2 is 2.00 bits per heavy atom. The van der Waals surface area contributed by atoms with Gasteiger partial charge in [0.2, 0.25) is 15.9 Å². The van der Waals surface area contributed by atoms with E-state index in [1.807, 2.05) is 0 Å². The zero-order valence-corrected chi connectivity index (χ0v) is 14.5. The van der Waals surface area contributed by atoms with Crippen molar-refractivity contribution < 1.29 is 23.1 Å². The van der Waals surface area contributed by atoms with Crippen molar-refractivity contribution in [3.63, 3.8) is 0 Å². The summed E-state index contributed by atoms with van der Waals surface area (Å²) in [5.74, 6) is -0.515. The van der Waals surface area contributed by atoms with Gasteiger partial charge in [0.15, 0.2) is 0 Å². The number of aliphatic hydroxyl groups excluding tert-OH is 1. The highest BCUT2D eigenvalue weighted by atomic mass is 32.2. The fourth-order valence-corrected chi connectivity index (χ4v) is 4.10. The molecule has 9 heteroatoms. The third-order valence-corrected chi connectivity index (χ3v) is 5.97. The van der Waals surface area contributed by atoms with Gasteiger partial charge in [-0.15, -0.1) is 0 Å². The van der Waals surface area contributed by atoms with Gasteiger partial charge in [0.1, 0.15) is 0 Å². The first-order chi connectivity index (χ1) is 11.7. The quantitative estimate of drug-likeness (QED) is 0.645. The summed E-state index contributed by atoms with van der Waals surface area (Å²) in [6, 6.07) is 5.37. The highest BCUT2D eigenvalue weighted by Crippen LogP contribution is 2.37. The number of nitrogens with one attached hydrogen (secondary N) is 1. The minimum absolute atomic E-state index is 0.0683. The van der Waals surface area contributed by atoms with Gasteiger partial charge in [0.05, 0.1) is 16.4 Å². The first kappa shape index (κ1) is 17.8. The summed E-state index contributed by atoms with van der Waals surface area (Å²) in [5, 5.41) is 18.2. The second-order valence-corrected chi connectivity index (χ2v) is 8.18. The van der Waals surface area contributed by atoms with Crippen LogP contribution in [0.25, 0.3) is 0 Å². The van der Waals surface area contributed by atoms with Gasteiger partial charge in [-0.05, 0) is 43.5 Å². The number of carbonyl (C=O) groups excluding carboxylic acids is 2. The van der Waals surface area contributed by atoms with Crippen molar-refractivity contribution >= 4 is 21.8 Å². The Bertz CT molecular complexity index is 792. The number of primary sulfonamides is 1. The van der Waals surface area contributed by atoms with E-state index in [1.54, 1.807) is 4.90 Å². The van der Waals surface area contributed by atoms with E-state index in [0.29, 0.717) is 31.5 Å². The van der Waals surface area contributed by atoms with Crippen molar-refractivity contribution in [1.29, 1.82) is 0 Å². The fourth-order valence-electron chi connectivity index (χ4n) is 3.59. The summed E-state index contributed by atoms with van der Waals surface area (Å²) in [6.07, 6.45) is 0.845. The van der Waals surface area contributed by atoms with Crippen LogP contribution in [0.4, 0.5) is 0 Å². The number of amides is 2. The molecule has 0 bridgehead atoms. The fraction of sp³-hybridized carbons (Fsp3) is 0.500. The van der Waals surface area contributed by atoms with Crippen LogP contribution in [0.1, 0.15) is 29.6 Å². The van der Waals surface area contributed by atoms with Gasteiger partial charge in [0.25, 0.3) is 5.91 Å². The number of hydrogen-bond donors (Lipinski definition) is 3. The lowest BCUT2D eigenvalue weighted by atomic mass is 9.71. The average Bonchev–Trinajstić information content (AvgIpc) is 2.58. The summed E-state index contributed by atoms with van der Waals surface area (Å²) in [6.45, 7) is 1.07. The summed E-state index contributed by atoms with van der Waals surface area (Å²) in [7, 11) is -3.82. The highest BCUT2D eigenvalue weighted by Gasteiger charge is 2.50. The summed E-state index contributed by atoms with van der Waals surface area (Å²) < 4.78 is 22.6. The average molecular weight is 367 g/mol. The molecule has 136 valence electrons. The number of likely N-dealkylation sites (tertiary alicyclic amines) is 1. The predicted molar refractivity (Wildman–Crippen MR) is 89.0 cm³/mol. The van der Waals surface area contributed by atoms with E-state index >= 15 is 0 Å². The number of nitrogens with two attached hydrogens (primary N) is 1. The lowest BCUT2D eigenvalue weighted by Crippen LogP contribution is -2.62. The van der Waals surface area contributed by atoms with Gasteiger partial charge in [-0.2, -0.15) is 0 Å². The monoisotopic (exact) mass is 367 g/mol. The Balaban J connectivity index is 1.82. The summed E-state index contributed by atoms with van der Waals surface area (Å²) in [5.41, 5.74) is -0.651. The molecule has 4 N–H and O–H groups in total. The molecule has 1 aromatic rings. The van der Waals surface area contributed by atoms with E-state index in [-0.39, 0.29) is 23.3 Å². The van der Waals surface area contributed by atoms with Crippen molar-refractivity contribution in [3.05, 3.63) is 29.8 Å². The van der Waals surface area contributed by atoms with Crippen LogP contribution in [-0.4, -0.2) is 56.0 Å². The van der Waals surface area contributed by atoms with Crippen molar-refractivity contribution in [2.45, 2.75) is 30.3 Å². The summed E-state index contributed by atoms with van der Waals surface area (Å²) >= 11 is 0. The van der Waals surface area contributed by atoms with Crippen LogP contribution in [0.15, 0.2) is 29.2 Å². The predicted octanol–water partition coefficient (Wildman–Crippen LogP) is -0.563. The van der Waals surface area contributed by atoms with Crippen molar-refractivity contribution in [2.75, 3.05) is 19.6 Å². The zero-order chi connectivity index (χ0) is 18.2. The van der Waals surface area contributed by atoms with E-state index in [1.165, 1.54) is 24.3 Å². The molecule has 0 saturated carbocycles. The largest absolute Gasteiger partial charge is 0.392 e. The van der Waals surface area contributed by atoms with Crippen LogP contribution in [0.3, 0.4) is 0 Å². The number of benzene rings is 1. The lowest BCUT2D eigenvalue weighted by Gasteiger charge is -2.46. The molecule has 2 saturated heterocycles. The second-order valence-electron chi connectivity index (χ2n) is 6.62. The number of sulfonamides is 1. The Morgan fingerprint density at radius 1 is 1.32 bits per heavy atom. The number of carbonyl (C=O) groups is 2. The van der Waals surface area contributed by atoms with E-state index in [4.69, 9.17) is 5.14 Å². The van der Waals surface area contributed by atoms with Crippen molar-refractivity contribution in [3.8, 4) is 0 Å². The molecular formula is C16H21N3O5S. The maximum Gasteiger partial charge on any atom is 0.253 e. The summed E-state index contributed by atoms with van der Waals surface area (Å²) in [4.78, 5) is 26.6. The maximum atomic E-state index is 12.7. The molecule has 1 spiro atoms. The number of nitrogens with zero attached hydrogens (tertiary/aromatic N) is 1.